The minimum atomic E-state index is -0.0808. The number of carbonyl (C=O) groups excluding carboxylic acids is 1. The standard InChI is InChI=1S/C11H10N4OS/c1-7(16)8-3-2-4-9(5-8)14-15-10(6-12)11(13)17/h2-5,14H,1H3,(H2,13,17). The normalized spacial score (nSPS) is 10.5. The van der Waals surface area contributed by atoms with Gasteiger partial charge in [0.1, 0.15) is 11.1 Å². The number of nitriles is 1. The highest BCUT2D eigenvalue weighted by Crippen LogP contribution is 2.11. The predicted octanol–water partition coefficient (Wildman–Crippen LogP) is 1.47. The van der Waals surface area contributed by atoms with Crippen molar-refractivity contribution in [2.24, 2.45) is 10.8 Å². The van der Waals surface area contributed by atoms with E-state index in [0.29, 0.717) is 11.3 Å². The number of benzene rings is 1. The van der Waals surface area contributed by atoms with E-state index < -0.39 is 0 Å². The van der Waals surface area contributed by atoms with Gasteiger partial charge in [-0.1, -0.05) is 24.4 Å². The highest BCUT2D eigenvalue weighted by molar-refractivity contribution is 7.82. The minimum absolute atomic E-state index is 0.0486. The number of ketones is 1. The SMILES string of the molecule is CC(=O)c1cccc(NN=C(C#N)C(N)=S)c1. The Morgan fingerprint density at radius 3 is 2.82 bits per heavy atom. The Morgan fingerprint density at radius 1 is 1.59 bits per heavy atom. The number of rotatable bonds is 4. The molecular formula is C11H10N4OS. The van der Waals surface area contributed by atoms with E-state index in [9.17, 15) is 4.79 Å². The molecule has 0 aliphatic carbocycles. The summed E-state index contributed by atoms with van der Waals surface area (Å²) in [5, 5.41) is 12.4. The average molecular weight is 246 g/mol. The summed E-state index contributed by atoms with van der Waals surface area (Å²) in [6, 6.07) is 8.50. The van der Waals surface area contributed by atoms with Crippen molar-refractivity contribution in [1.82, 2.24) is 0 Å². The molecule has 6 heteroatoms. The fourth-order valence-corrected chi connectivity index (χ4v) is 1.15. The Bertz CT molecular complexity index is 531. The molecule has 3 N–H and O–H groups in total. The molecule has 0 bridgehead atoms. The molecule has 1 rings (SSSR count). The van der Waals surface area contributed by atoms with Crippen LogP contribution in [0.3, 0.4) is 0 Å². The predicted molar refractivity (Wildman–Crippen MR) is 69.9 cm³/mol. The monoisotopic (exact) mass is 246 g/mol. The lowest BCUT2D eigenvalue weighted by atomic mass is 10.1. The van der Waals surface area contributed by atoms with E-state index in [1.165, 1.54) is 6.92 Å². The number of nitrogens with zero attached hydrogens (tertiary/aromatic N) is 2. The van der Waals surface area contributed by atoms with Crippen LogP contribution in [0.25, 0.3) is 0 Å². The maximum atomic E-state index is 11.1. The van der Waals surface area contributed by atoms with Crippen molar-refractivity contribution >= 4 is 34.4 Å². The maximum Gasteiger partial charge on any atom is 0.194 e. The molecule has 0 aliphatic rings. The second-order valence-corrected chi connectivity index (χ2v) is 3.63. The molecule has 0 unspecified atom stereocenters. The van der Waals surface area contributed by atoms with E-state index in [0.717, 1.165) is 0 Å². The Balaban J connectivity index is 2.90. The van der Waals surface area contributed by atoms with Gasteiger partial charge in [-0.05, 0) is 19.1 Å². The second-order valence-electron chi connectivity index (χ2n) is 3.19. The first-order chi connectivity index (χ1) is 8.04. The molecule has 0 spiro atoms. The molecule has 1 aromatic rings. The van der Waals surface area contributed by atoms with Gasteiger partial charge in [0, 0.05) is 5.56 Å². The van der Waals surface area contributed by atoms with Crippen molar-refractivity contribution in [1.29, 1.82) is 5.26 Å². The van der Waals surface area contributed by atoms with E-state index >= 15 is 0 Å². The van der Waals surface area contributed by atoms with Gasteiger partial charge < -0.3 is 5.73 Å². The molecule has 0 fully saturated rings. The molecule has 17 heavy (non-hydrogen) atoms. The van der Waals surface area contributed by atoms with Crippen LogP contribution in [0.5, 0.6) is 0 Å². The third-order valence-electron chi connectivity index (χ3n) is 1.91. The van der Waals surface area contributed by atoms with Crippen LogP contribution in [0.1, 0.15) is 17.3 Å². The molecule has 1 aromatic carbocycles. The van der Waals surface area contributed by atoms with Crippen molar-refractivity contribution in [2.75, 3.05) is 5.43 Å². The van der Waals surface area contributed by atoms with Crippen LogP contribution >= 0.6 is 12.2 Å². The zero-order valence-electron chi connectivity index (χ0n) is 9.10. The molecule has 0 saturated heterocycles. The number of nitrogens with one attached hydrogen (secondary N) is 1. The first-order valence-corrected chi connectivity index (χ1v) is 5.10. The van der Waals surface area contributed by atoms with Crippen LogP contribution in [0, 0.1) is 11.3 Å². The summed E-state index contributed by atoms with van der Waals surface area (Å²) in [4.78, 5) is 11.1. The molecule has 0 aromatic heterocycles. The van der Waals surface area contributed by atoms with Gasteiger partial charge in [0.15, 0.2) is 11.5 Å². The van der Waals surface area contributed by atoms with Gasteiger partial charge in [-0.15, -0.1) is 0 Å². The zero-order chi connectivity index (χ0) is 12.8. The number of anilines is 1. The maximum absolute atomic E-state index is 11.1. The van der Waals surface area contributed by atoms with Gasteiger partial charge in [-0.3, -0.25) is 10.2 Å². The summed E-state index contributed by atoms with van der Waals surface area (Å²) < 4.78 is 0. The van der Waals surface area contributed by atoms with Crippen molar-refractivity contribution in [3.05, 3.63) is 29.8 Å². The topological polar surface area (TPSA) is 91.3 Å². The number of thiocarbonyl (C=S) groups is 1. The van der Waals surface area contributed by atoms with E-state index in [-0.39, 0.29) is 16.5 Å². The van der Waals surface area contributed by atoms with Gasteiger partial charge in [0.25, 0.3) is 0 Å². The third kappa shape index (κ3) is 3.66. The summed E-state index contributed by atoms with van der Waals surface area (Å²) in [6.07, 6.45) is 0. The molecule has 5 nitrogen and oxygen atoms in total. The first-order valence-electron chi connectivity index (χ1n) is 4.69. The lowest BCUT2D eigenvalue weighted by Gasteiger charge is -2.02. The number of hydrazone groups is 1. The average Bonchev–Trinajstić information content (AvgIpc) is 2.29. The summed E-state index contributed by atoms with van der Waals surface area (Å²) in [7, 11) is 0. The number of hydrogen-bond acceptors (Lipinski definition) is 5. The summed E-state index contributed by atoms with van der Waals surface area (Å²) in [6.45, 7) is 1.47. The number of hydrogen-bond donors (Lipinski definition) is 2. The minimum Gasteiger partial charge on any atom is -0.387 e. The van der Waals surface area contributed by atoms with Gasteiger partial charge in [-0.2, -0.15) is 10.4 Å². The molecule has 0 radical (unpaired) electrons. The number of nitrogens with two attached hydrogens (primary N) is 1. The van der Waals surface area contributed by atoms with E-state index in [1.807, 2.05) is 0 Å². The van der Waals surface area contributed by atoms with Crippen LogP contribution in [-0.2, 0) is 0 Å². The fraction of sp³-hybridized carbons (Fsp3) is 0.0909. The third-order valence-corrected chi connectivity index (χ3v) is 2.10. The molecule has 0 atom stereocenters. The van der Waals surface area contributed by atoms with E-state index in [1.54, 1.807) is 30.3 Å². The largest absolute Gasteiger partial charge is 0.387 e. The fourth-order valence-electron chi connectivity index (χ4n) is 1.06. The van der Waals surface area contributed by atoms with Crippen LogP contribution in [-0.4, -0.2) is 16.5 Å². The highest BCUT2D eigenvalue weighted by atomic mass is 32.1. The summed E-state index contributed by atoms with van der Waals surface area (Å²) in [5.41, 5.74) is 8.97. The highest BCUT2D eigenvalue weighted by Gasteiger charge is 2.02. The Morgan fingerprint density at radius 2 is 2.29 bits per heavy atom. The molecule has 86 valence electrons. The van der Waals surface area contributed by atoms with Crippen molar-refractivity contribution in [2.45, 2.75) is 6.92 Å². The lowest BCUT2D eigenvalue weighted by molar-refractivity contribution is 0.101. The molecular weight excluding hydrogens is 236 g/mol. The quantitative estimate of drug-likeness (QED) is 0.363. The van der Waals surface area contributed by atoms with Crippen molar-refractivity contribution in [3.63, 3.8) is 0 Å². The van der Waals surface area contributed by atoms with Gasteiger partial charge >= 0.3 is 0 Å². The van der Waals surface area contributed by atoms with Crippen molar-refractivity contribution < 1.29 is 4.79 Å². The van der Waals surface area contributed by atoms with Crippen LogP contribution in [0.2, 0.25) is 0 Å². The molecule has 0 aliphatic heterocycles. The van der Waals surface area contributed by atoms with E-state index in [4.69, 9.17) is 11.0 Å². The van der Waals surface area contributed by atoms with E-state index in [2.05, 4.69) is 22.7 Å². The van der Waals surface area contributed by atoms with Crippen LogP contribution in [0.15, 0.2) is 29.4 Å². The molecule has 0 saturated carbocycles. The Hall–Kier alpha value is -2.26. The zero-order valence-corrected chi connectivity index (χ0v) is 9.91. The van der Waals surface area contributed by atoms with Gasteiger partial charge in [-0.25, -0.2) is 0 Å². The second kappa shape index (κ2) is 5.72. The molecule has 0 amide bonds. The summed E-state index contributed by atoms with van der Waals surface area (Å²) >= 11 is 4.63. The van der Waals surface area contributed by atoms with Gasteiger partial charge in [0.2, 0.25) is 0 Å². The Labute approximate surface area is 104 Å². The molecule has 0 heterocycles. The van der Waals surface area contributed by atoms with Gasteiger partial charge in [0.05, 0.1) is 5.69 Å². The van der Waals surface area contributed by atoms with Crippen molar-refractivity contribution in [3.8, 4) is 6.07 Å². The number of carbonyl (C=O) groups is 1. The smallest absolute Gasteiger partial charge is 0.194 e. The Kier molecular flexibility index (Phi) is 4.31. The number of Topliss-reactive ketones (excluding diaryl/α,β-unsaturated/α-hetero) is 1. The first kappa shape index (κ1) is 12.8. The van der Waals surface area contributed by atoms with Crippen LogP contribution in [0.4, 0.5) is 5.69 Å². The summed E-state index contributed by atoms with van der Waals surface area (Å²) in [5.74, 6) is -0.0486. The lowest BCUT2D eigenvalue weighted by Crippen LogP contribution is -2.20. The van der Waals surface area contributed by atoms with Crippen LogP contribution < -0.4 is 11.2 Å².